The fraction of sp³-hybridized carbons (Fsp3) is 0.917. The first-order valence-corrected chi connectivity index (χ1v) is 11.0. The number of hydrogen-bond donors (Lipinski definition) is 0. The molecule has 5 rings (SSSR count). The molecule has 0 N–H and O–H groups in total. The third kappa shape index (κ3) is 2.53. The van der Waals surface area contributed by atoms with Crippen LogP contribution in [-0.2, 0) is 0 Å². The molecule has 5 atom stereocenters. The Labute approximate surface area is 151 Å². The van der Waals surface area contributed by atoms with Crippen LogP contribution < -0.4 is 0 Å². The van der Waals surface area contributed by atoms with E-state index in [1.54, 1.807) is 0 Å². The summed E-state index contributed by atoms with van der Waals surface area (Å²) >= 11 is 0. The van der Waals surface area contributed by atoms with Crippen molar-refractivity contribution in [3.8, 4) is 0 Å². The molecule has 3 saturated carbocycles. The van der Waals surface area contributed by atoms with Gasteiger partial charge in [0, 0.05) is 0 Å². The number of fused-ring (bicyclic) bond motifs is 2. The van der Waals surface area contributed by atoms with Crippen LogP contribution in [0.25, 0.3) is 0 Å². The highest BCUT2D eigenvalue weighted by molar-refractivity contribution is 5.28. The van der Waals surface area contributed by atoms with Crippen LogP contribution in [-0.4, -0.2) is 0 Å². The summed E-state index contributed by atoms with van der Waals surface area (Å²) in [4.78, 5) is 0. The van der Waals surface area contributed by atoms with Crippen LogP contribution in [0.3, 0.4) is 0 Å². The predicted molar refractivity (Wildman–Crippen MR) is 106 cm³/mol. The molecule has 0 saturated heterocycles. The van der Waals surface area contributed by atoms with Gasteiger partial charge in [0.1, 0.15) is 0 Å². The summed E-state index contributed by atoms with van der Waals surface area (Å²) in [5, 5.41) is 0. The largest absolute Gasteiger partial charge is 0.0783 e. The molecule has 2 bridgehead atoms. The second-order valence-electron chi connectivity index (χ2n) is 10.5. The highest BCUT2D eigenvalue weighted by Gasteiger charge is 2.61. The van der Waals surface area contributed by atoms with Crippen molar-refractivity contribution in [2.75, 3.05) is 0 Å². The Morgan fingerprint density at radius 2 is 1.58 bits per heavy atom. The molecule has 24 heavy (non-hydrogen) atoms. The summed E-state index contributed by atoms with van der Waals surface area (Å²) in [5.74, 6) is 3.66. The SMILES string of the molecule is CC.CC(C)C1=CC23CCC1CC2C1(C)CCCC(C)(C)C1CC3. The highest BCUT2D eigenvalue weighted by Crippen LogP contribution is 2.70. The van der Waals surface area contributed by atoms with Gasteiger partial charge >= 0.3 is 0 Å². The monoisotopic (exact) mass is 330 g/mol. The zero-order valence-corrected chi connectivity index (χ0v) is 17.5. The summed E-state index contributed by atoms with van der Waals surface area (Å²) in [6.07, 6.45) is 14.8. The van der Waals surface area contributed by atoms with Crippen LogP contribution in [0.5, 0.6) is 0 Å². The van der Waals surface area contributed by atoms with E-state index in [0.717, 1.165) is 23.7 Å². The van der Waals surface area contributed by atoms with E-state index in [1.807, 2.05) is 19.4 Å². The Hall–Kier alpha value is -0.260. The van der Waals surface area contributed by atoms with E-state index in [9.17, 15) is 0 Å². The van der Waals surface area contributed by atoms with Gasteiger partial charge in [0.05, 0.1) is 0 Å². The molecule has 138 valence electrons. The van der Waals surface area contributed by atoms with Gasteiger partial charge in [-0.1, -0.05) is 66.5 Å². The van der Waals surface area contributed by atoms with Gasteiger partial charge in [-0.25, -0.2) is 0 Å². The van der Waals surface area contributed by atoms with Gasteiger partial charge in [-0.2, -0.15) is 0 Å². The molecule has 0 nitrogen and oxygen atoms in total. The van der Waals surface area contributed by atoms with Crippen molar-refractivity contribution in [1.82, 2.24) is 0 Å². The molecular weight excluding hydrogens is 288 g/mol. The second-order valence-corrected chi connectivity index (χ2v) is 10.5. The minimum Gasteiger partial charge on any atom is -0.0783 e. The Balaban J connectivity index is 0.000000815. The average molecular weight is 331 g/mol. The summed E-state index contributed by atoms with van der Waals surface area (Å²) in [5.41, 5.74) is 3.63. The lowest BCUT2D eigenvalue weighted by atomic mass is 9.38. The lowest BCUT2D eigenvalue weighted by molar-refractivity contribution is -0.145. The topological polar surface area (TPSA) is 0 Å². The van der Waals surface area contributed by atoms with Crippen molar-refractivity contribution < 1.29 is 0 Å². The first kappa shape index (κ1) is 18.5. The molecule has 3 fully saturated rings. The van der Waals surface area contributed by atoms with Crippen LogP contribution in [0, 0.1) is 39.9 Å². The maximum Gasteiger partial charge on any atom is -0.00813 e. The molecule has 5 aliphatic carbocycles. The van der Waals surface area contributed by atoms with E-state index >= 15 is 0 Å². The van der Waals surface area contributed by atoms with Gasteiger partial charge in [-0.05, 0) is 84.9 Å². The van der Waals surface area contributed by atoms with Crippen molar-refractivity contribution in [3.05, 3.63) is 11.6 Å². The maximum atomic E-state index is 2.84. The Bertz CT molecular complexity index is 496. The van der Waals surface area contributed by atoms with E-state index in [0.29, 0.717) is 16.2 Å². The van der Waals surface area contributed by atoms with Crippen LogP contribution in [0.4, 0.5) is 0 Å². The fourth-order valence-electron chi connectivity index (χ4n) is 7.83. The first-order chi connectivity index (χ1) is 11.3. The molecule has 0 aromatic heterocycles. The van der Waals surface area contributed by atoms with Crippen LogP contribution >= 0.6 is 0 Å². The van der Waals surface area contributed by atoms with Crippen molar-refractivity contribution in [2.24, 2.45) is 39.9 Å². The lowest BCUT2D eigenvalue weighted by Crippen LogP contribution is -2.58. The summed E-state index contributed by atoms with van der Waals surface area (Å²) in [6.45, 7) is 16.7. The summed E-state index contributed by atoms with van der Waals surface area (Å²) in [6, 6.07) is 0. The molecule has 5 aliphatic rings. The van der Waals surface area contributed by atoms with Crippen LogP contribution in [0.2, 0.25) is 0 Å². The van der Waals surface area contributed by atoms with Crippen LogP contribution in [0.1, 0.15) is 99.8 Å². The van der Waals surface area contributed by atoms with E-state index < -0.39 is 0 Å². The lowest BCUT2D eigenvalue weighted by Gasteiger charge is -2.67. The maximum absolute atomic E-state index is 2.84. The average Bonchev–Trinajstić information content (AvgIpc) is 2.55. The van der Waals surface area contributed by atoms with Crippen molar-refractivity contribution in [2.45, 2.75) is 99.8 Å². The minimum absolute atomic E-state index is 0.579. The van der Waals surface area contributed by atoms with E-state index in [1.165, 1.54) is 51.4 Å². The smallest absolute Gasteiger partial charge is 0.00813 e. The number of rotatable bonds is 1. The zero-order valence-electron chi connectivity index (χ0n) is 17.5. The van der Waals surface area contributed by atoms with E-state index in [-0.39, 0.29) is 0 Å². The molecule has 1 spiro atoms. The standard InChI is InChI=1S/C22H36.C2H6/c1-15(2)17-14-22-11-7-16(17)13-19(22)21(5)10-6-9-20(3,4)18(21)8-12-22;1-2/h14-16,18-19H,6-13H2,1-5H3;1-2H3. The van der Waals surface area contributed by atoms with Gasteiger partial charge in [-0.15, -0.1) is 0 Å². The summed E-state index contributed by atoms with van der Waals surface area (Å²) < 4.78 is 0. The molecule has 0 aromatic carbocycles. The van der Waals surface area contributed by atoms with Gasteiger partial charge in [0.2, 0.25) is 0 Å². The van der Waals surface area contributed by atoms with E-state index in [2.05, 4.69) is 40.7 Å². The van der Waals surface area contributed by atoms with Crippen molar-refractivity contribution >= 4 is 0 Å². The van der Waals surface area contributed by atoms with Gasteiger partial charge in [-0.3, -0.25) is 0 Å². The molecule has 0 radical (unpaired) electrons. The Kier molecular flexibility index (Phi) is 4.76. The molecule has 0 heteroatoms. The molecule has 0 amide bonds. The fourth-order valence-corrected chi connectivity index (χ4v) is 7.83. The zero-order chi connectivity index (χ0) is 17.8. The highest BCUT2D eigenvalue weighted by atomic mass is 14.7. The van der Waals surface area contributed by atoms with Crippen molar-refractivity contribution in [1.29, 1.82) is 0 Å². The summed E-state index contributed by atoms with van der Waals surface area (Å²) in [7, 11) is 0. The normalized spacial score (nSPS) is 45.7. The van der Waals surface area contributed by atoms with Gasteiger partial charge in [0.15, 0.2) is 0 Å². The van der Waals surface area contributed by atoms with Crippen molar-refractivity contribution in [3.63, 3.8) is 0 Å². The third-order valence-electron chi connectivity index (χ3n) is 8.74. The number of allylic oxidation sites excluding steroid dienone is 2. The van der Waals surface area contributed by atoms with Gasteiger partial charge < -0.3 is 0 Å². The van der Waals surface area contributed by atoms with E-state index in [4.69, 9.17) is 0 Å². The second kappa shape index (κ2) is 6.17. The molecule has 0 aliphatic heterocycles. The Morgan fingerprint density at radius 1 is 0.917 bits per heavy atom. The predicted octanol–water partition coefficient (Wildman–Crippen LogP) is 7.64. The quantitative estimate of drug-likeness (QED) is 0.433. The van der Waals surface area contributed by atoms with Crippen LogP contribution in [0.15, 0.2) is 11.6 Å². The van der Waals surface area contributed by atoms with Gasteiger partial charge in [0.25, 0.3) is 0 Å². The minimum atomic E-state index is 0.579. The molecule has 5 unspecified atom stereocenters. The third-order valence-corrected chi connectivity index (χ3v) is 8.74. The molecule has 0 aromatic rings. The first-order valence-electron chi connectivity index (χ1n) is 11.0. The molecular formula is C24H42. The molecule has 0 heterocycles. The Morgan fingerprint density at radius 3 is 2.25 bits per heavy atom. The number of hydrogen-bond acceptors (Lipinski definition) is 0.